The van der Waals surface area contributed by atoms with Crippen LogP contribution in [0.1, 0.15) is 33.2 Å². The molecule has 1 aliphatic carbocycles. The monoisotopic (exact) mass is 333 g/mol. The normalized spacial score (nSPS) is 35.6. The summed E-state index contributed by atoms with van der Waals surface area (Å²) in [5.41, 5.74) is 0.687. The molecule has 0 aromatic carbocycles. The molecule has 0 bridgehead atoms. The fourth-order valence-corrected chi connectivity index (χ4v) is 4.12. The minimum absolute atomic E-state index is 0.0187. The lowest BCUT2D eigenvalue weighted by Crippen LogP contribution is -2.31. The molecule has 2 aliphatic rings. The molecule has 5 nitrogen and oxygen atoms in total. The van der Waals surface area contributed by atoms with Crippen LogP contribution in [0.5, 0.6) is 0 Å². The largest absolute Gasteiger partial charge is 0.344 e. The first-order valence-corrected chi connectivity index (χ1v) is 8.19. The SMILES string of the molecule is C=C[C@@]1(C)C[C@@H](n2ccc3c(Cl)ncnc32)[C@@H]2OC(C)(C)O[C@@H]21. The Morgan fingerprint density at radius 2 is 2.13 bits per heavy atom. The first-order chi connectivity index (χ1) is 10.8. The van der Waals surface area contributed by atoms with Crippen molar-refractivity contribution in [1.82, 2.24) is 14.5 Å². The third-order valence-electron chi connectivity index (χ3n) is 5.09. The van der Waals surface area contributed by atoms with Crippen LogP contribution in [-0.2, 0) is 9.47 Å². The lowest BCUT2D eigenvalue weighted by atomic mass is 9.86. The summed E-state index contributed by atoms with van der Waals surface area (Å²) in [5, 5.41) is 1.33. The third kappa shape index (κ3) is 2.14. The quantitative estimate of drug-likeness (QED) is 0.620. The number of fused-ring (bicyclic) bond motifs is 2. The molecule has 1 aliphatic heterocycles. The lowest BCUT2D eigenvalue weighted by Gasteiger charge is -2.28. The standard InChI is InChI=1S/C17H20ClN3O2/c1-5-17(4)8-11(12-13(17)23-16(2,3)22-12)21-7-6-10-14(18)19-9-20-15(10)21/h5-7,9,11-13H,1,8H2,2-4H3/t11-,12+,13+,17+/m1/s1. The number of nitrogens with zero attached hydrogens (tertiary/aromatic N) is 3. The van der Waals surface area contributed by atoms with Crippen LogP contribution < -0.4 is 0 Å². The summed E-state index contributed by atoms with van der Waals surface area (Å²) in [4.78, 5) is 8.47. The highest BCUT2D eigenvalue weighted by Gasteiger charge is 2.59. The fraction of sp³-hybridized carbons (Fsp3) is 0.529. The van der Waals surface area contributed by atoms with Gasteiger partial charge in [-0.2, -0.15) is 0 Å². The highest BCUT2D eigenvalue weighted by Crippen LogP contribution is 2.54. The van der Waals surface area contributed by atoms with Gasteiger partial charge in [-0.15, -0.1) is 6.58 Å². The summed E-state index contributed by atoms with van der Waals surface area (Å²) >= 11 is 6.18. The Bertz CT molecular complexity index is 787. The van der Waals surface area contributed by atoms with Gasteiger partial charge in [0.25, 0.3) is 0 Å². The van der Waals surface area contributed by atoms with Gasteiger partial charge in [0.1, 0.15) is 23.2 Å². The Hall–Kier alpha value is -1.43. The molecular weight excluding hydrogens is 314 g/mol. The number of ether oxygens (including phenoxy) is 2. The molecule has 0 spiro atoms. The minimum Gasteiger partial charge on any atom is -0.344 e. The summed E-state index contributed by atoms with van der Waals surface area (Å²) in [5.74, 6) is -0.589. The number of rotatable bonds is 2. The first kappa shape index (κ1) is 15.1. The number of hydrogen-bond acceptors (Lipinski definition) is 4. The van der Waals surface area contributed by atoms with E-state index in [1.54, 1.807) is 0 Å². The molecule has 4 atom stereocenters. The Morgan fingerprint density at radius 3 is 2.87 bits per heavy atom. The van der Waals surface area contributed by atoms with Crippen molar-refractivity contribution in [2.45, 2.75) is 51.2 Å². The highest BCUT2D eigenvalue weighted by molar-refractivity contribution is 6.33. The second-order valence-corrected chi connectivity index (χ2v) is 7.48. The average molecular weight is 334 g/mol. The zero-order valence-corrected chi connectivity index (χ0v) is 14.2. The van der Waals surface area contributed by atoms with Gasteiger partial charge in [-0.1, -0.05) is 24.6 Å². The molecule has 4 rings (SSSR count). The van der Waals surface area contributed by atoms with E-state index in [-0.39, 0.29) is 23.7 Å². The maximum absolute atomic E-state index is 6.22. The van der Waals surface area contributed by atoms with Gasteiger partial charge in [-0.25, -0.2) is 9.97 Å². The van der Waals surface area contributed by atoms with Crippen LogP contribution >= 0.6 is 11.6 Å². The van der Waals surface area contributed by atoms with E-state index in [0.29, 0.717) is 5.15 Å². The zero-order chi connectivity index (χ0) is 16.4. The molecule has 0 radical (unpaired) electrons. The maximum atomic E-state index is 6.22. The van der Waals surface area contributed by atoms with Crippen LogP contribution in [0.4, 0.5) is 0 Å². The molecule has 1 saturated heterocycles. The van der Waals surface area contributed by atoms with E-state index in [9.17, 15) is 0 Å². The number of aromatic nitrogens is 3. The predicted octanol–water partition coefficient (Wildman–Crippen LogP) is 3.74. The van der Waals surface area contributed by atoms with Gasteiger partial charge < -0.3 is 14.0 Å². The van der Waals surface area contributed by atoms with Crippen molar-refractivity contribution in [2.24, 2.45) is 5.41 Å². The van der Waals surface area contributed by atoms with Crippen LogP contribution in [0.2, 0.25) is 5.15 Å². The van der Waals surface area contributed by atoms with Crippen LogP contribution in [0.15, 0.2) is 31.2 Å². The number of halogens is 1. The van der Waals surface area contributed by atoms with Gasteiger partial charge >= 0.3 is 0 Å². The van der Waals surface area contributed by atoms with Gasteiger partial charge in [0.05, 0.1) is 17.5 Å². The summed E-state index contributed by atoms with van der Waals surface area (Å²) in [6, 6.07) is 2.07. The molecule has 122 valence electrons. The minimum atomic E-state index is -0.589. The summed E-state index contributed by atoms with van der Waals surface area (Å²) in [6.07, 6.45) is 6.32. The molecule has 0 amide bonds. The van der Waals surface area contributed by atoms with Crippen LogP contribution in [0.3, 0.4) is 0 Å². The van der Waals surface area contributed by atoms with Crippen LogP contribution in [0, 0.1) is 5.41 Å². The smallest absolute Gasteiger partial charge is 0.163 e. The van der Waals surface area contributed by atoms with Crippen molar-refractivity contribution in [1.29, 1.82) is 0 Å². The highest BCUT2D eigenvalue weighted by atomic mass is 35.5. The van der Waals surface area contributed by atoms with Crippen molar-refractivity contribution in [3.63, 3.8) is 0 Å². The van der Waals surface area contributed by atoms with Crippen molar-refractivity contribution in [3.8, 4) is 0 Å². The Balaban J connectivity index is 1.82. The zero-order valence-electron chi connectivity index (χ0n) is 13.5. The first-order valence-electron chi connectivity index (χ1n) is 7.81. The second-order valence-electron chi connectivity index (χ2n) is 7.13. The molecule has 2 aromatic rings. The van der Waals surface area contributed by atoms with Crippen LogP contribution in [-0.4, -0.2) is 32.5 Å². The van der Waals surface area contributed by atoms with Gasteiger partial charge in [0, 0.05) is 11.6 Å². The Morgan fingerprint density at radius 1 is 1.35 bits per heavy atom. The number of hydrogen-bond donors (Lipinski definition) is 0. The molecular formula is C17H20ClN3O2. The van der Waals surface area contributed by atoms with E-state index in [4.69, 9.17) is 21.1 Å². The Kier molecular flexibility index (Phi) is 3.15. The predicted molar refractivity (Wildman–Crippen MR) is 88.3 cm³/mol. The molecule has 3 heterocycles. The van der Waals surface area contributed by atoms with E-state index in [1.807, 2.05) is 32.2 Å². The topological polar surface area (TPSA) is 49.2 Å². The summed E-state index contributed by atoms with van der Waals surface area (Å²) in [7, 11) is 0. The lowest BCUT2D eigenvalue weighted by molar-refractivity contribution is -0.164. The van der Waals surface area contributed by atoms with E-state index < -0.39 is 5.79 Å². The molecule has 23 heavy (non-hydrogen) atoms. The second kappa shape index (κ2) is 4.79. The molecule has 0 N–H and O–H groups in total. The molecule has 0 unspecified atom stereocenters. The molecule has 2 fully saturated rings. The van der Waals surface area contributed by atoms with Gasteiger partial charge in [0.15, 0.2) is 5.79 Å². The molecule has 2 aromatic heterocycles. The van der Waals surface area contributed by atoms with Crippen LogP contribution in [0.25, 0.3) is 11.0 Å². The van der Waals surface area contributed by atoms with Crippen molar-refractivity contribution in [3.05, 3.63) is 36.4 Å². The fourth-order valence-electron chi connectivity index (χ4n) is 3.93. The average Bonchev–Trinajstić information content (AvgIpc) is 3.12. The maximum Gasteiger partial charge on any atom is 0.163 e. The van der Waals surface area contributed by atoms with Gasteiger partial charge in [0.2, 0.25) is 0 Å². The van der Waals surface area contributed by atoms with Crippen molar-refractivity contribution >= 4 is 22.6 Å². The van der Waals surface area contributed by atoms with E-state index in [1.165, 1.54) is 6.33 Å². The molecule has 1 saturated carbocycles. The van der Waals surface area contributed by atoms with Crippen molar-refractivity contribution < 1.29 is 9.47 Å². The third-order valence-corrected chi connectivity index (χ3v) is 5.39. The summed E-state index contributed by atoms with van der Waals surface area (Å²) < 4.78 is 14.5. The van der Waals surface area contributed by atoms with E-state index in [2.05, 4.69) is 28.0 Å². The molecule has 6 heteroatoms. The van der Waals surface area contributed by atoms with Gasteiger partial charge in [-0.3, -0.25) is 0 Å². The van der Waals surface area contributed by atoms with Gasteiger partial charge in [-0.05, 0) is 26.3 Å². The summed E-state index contributed by atoms with van der Waals surface area (Å²) in [6.45, 7) is 10.1. The Labute approximate surface area is 140 Å². The van der Waals surface area contributed by atoms with E-state index in [0.717, 1.165) is 17.5 Å². The van der Waals surface area contributed by atoms with E-state index >= 15 is 0 Å². The van der Waals surface area contributed by atoms with Crippen molar-refractivity contribution in [2.75, 3.05) is 0 Å².